The number of guanidine groups is 1. The van der Waals surface area contributed by atoms with Crippen molar-refractivity contribution in [3.05, 3.63) is 0 Å². The fourth-order valence-corrected chi connectivity index (χ4v) is 5.39. The van der Waals surface area contributed by atoms with E-state index in [0.29, 0.717) is 58.0 Å². The molecule has 1 fully saturated rings. The molecule has 0 radical (unpaired) electrons. The van der Waals surface area contributed by atoms with Gasteiger partial charge in [-0.25, -0.2) is 10.4 Å². The quantitative estimate of drug-likeness (QED) is 0.0233. The molecule has 1 rings (SSSR count). The molecule has 0 aliphatic carbocycles. The molecule has 0 aromatic rings. The number of nitrogens with one attached hydrogen (secondary N) is 5. The van der Waals surface area contributed by atoms with E-state index in [2.05, 4.69) is 31.7 Å². The minimum Gasteiger partial charge on any atom is -0.480 e. The number of aliphatic carboxylic acids is 1. The standard InChI is InChI=1S/C31H58N10O7/c1-18(2)16-22(40-41-15-9-12-23(41)30(47)48)28(45)37-17-24(42)39-25(19(3)4)29(46)38-21(11-8-14-36-31(33)34)27(44)26(43)20(35-5)10-6-7-13-32/h18-23,25,35,40H,6-17,32H2,1-5H3,(H,37,45)(H,38,46)(H,39,42)(H,47,48)(H4,33,34,36)/t20-,21-,22?,23-,25?/m0/s1. The van der Waals surface area contributed by atoms with E-state index in [4.69, 9.17) is 17.2 Å². The van der Waals surface area contributed by atoms with Crippen LogP contribution in [0.3, 0.4) is 0 Å². The Labute approximate surface area is 283 Å². The van der Waals surface area contributed by atoms with E-state index < -0.39 is 77.9 Å². The second-order valence-electron chi connectivity index (χ2n) is 12.9. The number of carboxylic acid groups (broad SMARTS) is 1. The van der Waals surface area contributed by atoms with Gasteiger partial charge in [0.25, 0.3) is 0 Å². The average Bonchev–Trinajstić information content (AvgIpc) is 3.49. The van der Waals surface area contributed by atoms with Crippen LogP contribution in [-0.2, 0) is 28.8 Å². The molecule has 17 nitrogen and oxygen atoms in total. The summed E-state index contributed by atoms with van der Waals surface area (Å²) in [6.07, 6.45) is 3.61. The number of unbranched alkanes of at least 4 members (excludes halogenated alkanes) is 1. The third kappa shape index (κ3) is 15.0. The third-order valence-electron chi connectivity index (χ3n) is 8.00. The molecular weight excluding hydrogens is 624 g/mol. The van der Waals surface area contributed by atoms with Crippen LogP contribution >= 0.6 is 0 Å². The molecule has 0 saturated carbocycles. The zero-order valence-corrected chi connectivity index (χ0v) is 29.0. The number of carboxylic acids is 1. The molecule has 0 spiro atoms. The van der Waals surface area contributed by atoms with Crippen molar-refractivity contribution in [3.63, 3.8) is 0 Å². The van der Waals surface area contributed by atoms with Gasteiger partial charge in [-0.2, -0.15) is 0 Å². The lowest BCUT2D eigenvalue weighted by Gasteiger charge is -2.29. The summed E-state index contributed by atoms with van der Waals surface area (Å²) in [7, 11) is 1.58. The molecule has 2 unspecified atom stereocenters. The maximum atomic E-state index is 13.5. The minimum atomic E-state index is -1.19. The highest BCUT2D eigenvalue weighted by molar-refractivity contribution is 6.41. The first-order valence-corrected chi connectivity index (χ1v) is 16.8. The average molecular weight is 683 g/mol. The molecule has 274 valence electrons. The highest BCUT2D eigenvalue weighted by Crippen LogP contribution is 2.17. The fourth-order valence-electron chi connectivity index (χ4n) is 5.39. The van der Waals surface area contributed by atoms with Crippen LogP contribution < -0.4 is 43.9 Å². The number of carbonyl (C=O) groups is 6. The van der Waals surface area contributed by atoms with Crippen LogP contribution in [0.25, 0.3) is 0 Å². The number of nitrogens with two attached hydrogens (primary N) is 3. The maximum absolute atomic E-state index is 13.5. The number of hydrogen-bond acceptors (Lipinski definition) is 11. The monoisotopic (exact) mass is 682 g/mol. The second kappa shape index (κ2) is 22.1. The minimum absolute atomic E-state index is 0.0745. The van der Waals surface area contributed by atoms with Crippen molar-refractivity contribution < 1.29 is 33.9 Å². The number of likely N-dealkylation sites (N-methyl/N-ethyl adjacent to an activating group) is 1. The van der Waals surface area contributed by atoms with Crippen LogP contribution in [0.15, 0.2) is 4.99 Å². The number of amides is 3. The van der Waals surface area contributed by atoms with Crippen molar-refractivity contribution in [1.29, 1.82) is 0 Å². The molecule has 48 heavy (non-hydrogen) atoms. The van der Waals surface area contributed by atoms with Gasteiger partial charge in [-0.3, -0.25) is 33.8 Å². The molecule has 1 aliphatic heterocycles. The van der Waals surface area contributed by atoms with Crippen molar-refractivity contribution in [2.24, 2.45) is 34.0 Å². The summed E-state index contributed by atoms with van der Waals surface area (Å²) in [6.45, 7) is 7.91. The van der Waals surface area contributed by atoms with Gasteiger partial charge < -0.3 is 43.6 Å². The summed E-state index contributed by atoms with van der Waals surface area (Å²) in [5.74, 6) is -4.70. The van der Waals surface area contributed by atoms with E-state index in [-0.39, 0.29) is 24.8 Å². The van der Waals surface area contributed by atoms with Crippen molar-refractivity contribution >= 4 is 41.2 Å². The van der Waals surface area contributed by atoms with E-state index >= 15 is 0 Å². The highest BCUT2D eigenvalue weighted by Gasteiger charge is 2.35. The van der Waals surface area contributed by atoms with Gasteiger partial charge in [0.2, 0.25) is 29.3 Å². The molecule has 12 N–H and O–H groups in total. The SMILES string of the molecule is CN[C@@H](CCCCN)C(=O)C(=O)[C@H](CCCN=C(N)N)NC(=O)C(NC(=O)CNC(=O)C(CC(C)C)NN1CCC[C@H]1C(=O)O)C(C)C. The van der Waals surface area contributed by atoms with E-state index in [1.807, 2.05) is 13.8 Å². The smallest absolute Gasteiger partial charge is 0.322 e. The summed E-state index contributed by atoms with van der Waals surface area (Å²) in [5.41, 5.74) is 19.4. The lowest BCUT2D eigenvalue weighted by Crippen LogP contribution is -2.58. The Kier molecular flexibility index (Phi) is 19.5. The predicted molar refractivity (Wildman–Crippen MR) is 181 cm³/mol. The Hall–Kier alpha value is -3.67. The van der Waals surface area contributed by atoms with Crippen molar-refractivity contribution in [2.45, 2.75) is 109 Å². The lowest BCUT2D eigenvalue weighted by atomic mass is 9.95. The molecule has 5 atom stereocenters. The number of Topliss-reactive ketones (excluding diaryl/α,β-unsaturated/α-hetero) is 2. The fraction of sp³-hybridized carbons (Fsp3) is 0.774. The number of hydrazine groups is 1. The lowest BCUT2D eigenvalue weighted by molar-refractivity contribution is -0.144. The second-order valence-corrected chi connectivity index (χ2v) is 12.9. The molecular formula is C31H58N10O7. The first-order valence-electron chi connectivity index (χ1n) is 16.8. The summed E-state index contributed by atoms with van der Waals surface area (Å²) in [4.78, 5) is 81.5. The van der Waals surface area contributed by atoms with Gasteiger partial charge in [-0.1, -0.05) is 34.1 Å². The van der Waals surface area contributed by atoms with Gasteiger partial charge in [0.15, 0.2) is 5.96 Å². The zero-order valence-electron chi connectivity index (χ0n) is 29.0. The molecule has 0 bridgehead atoms. The van der Waals surface area contributed by atoms with Crippen molar-refractivity contribution in [2.75, 3.05) is 33.2 Å². The highest BCUT2D eigenvalue weighted by atomic mass is 16.4. The molecule has 0 aromatic heterocycles. The van der Waals surface area contributed by atoms with Gasteiger partial charge in [0.1, 0.15) is 18.1 Å². The molecule has 1 heterocycles. The maximum Gasteiger partial charge on any atom is 0.322 e. The van der Waals surface area contributed by atoms with Gasteiger partial charge in [-0.15, -0.1) is 0 Å². The topological polar surface area (TPSA) is 276 Å². The summed E-state index contributed by atoms with van der Waals surface area (Å²) >= 11 is 0. The molecule has 1 aliphatic rings. The summed E-state index contributed by atoms with van der Waals surface area (Å²) < 4.78 is 0. The Morgan fingerprint density at radius 3 is 2.10 bits per heavy atom. The first-order chi connectivity index (χ1) is 22.6. The number of carbonyl (C=O) groups excluding carboxylic acids is 5. The summed E-state index contributed by atoms with van der Waals surface area (Å²) in [5, 5.41) is 21.8. The van der Waals surface area contributed by atoms with E-state index in [9.17, 15) is 33.9 Å². The third-order valence-corrected chi connectivity index (χ3v) is 8.00. The van der Waals surface area contributed by atoms with Crippen LogP contribution in [-0.4, -0.2) is 115 Å². The van der Waals surface area contributed by atoms with Crippen LogP contribution in [0.2, 0.25) is 0 Å². The number of rotatable bonds is 24. The molecule has 1 saturated heterocycles. The number of aliphatic imine (C=N–C) groups is 1. The number of nitrogens with zero attached hydrogens (tertiary/aromatic N) is 2. The van der Waals surface area contributed by atoms with Crippen LogP contribution in [0.4, 0.5) is 0 Å². The van der Waals surface area contributed by atoms with Crippen molar-refractivity contribution in [1.82, 2.24) is 31.7 Å². The van der Waals surface area contributed by atoms with Crippen molar-refractivity contribution in [3.8, 4) is 0 Å². The van der Waals surface area contributed by atoms with E-state index in [1.54, 1.807) is 25.9 Å². The van der Waals surface area contributed by atoms with Gasteiger partial charge in [0.05, 0.1) is 18.6 Å². The Morgan fingerprint density at radius 2 is 1.54 bits per heavy atom. The van der Waals surface area contributed by atoms with Gasteiger partial charge in [-0.05, 0) is 70.4 Å². The molecule has 0 aromatic carbocycles. The number of ketones is 2. The van der Waals surface area contributed by atoms with Crippen LogP contribution in [0, 0.1) is 11.8 Å². The molecule has 3 amide bonds. The molecule has 17 heteroatoms. The van der Waals surface area contributed by atoms with Crippen LogP contribution in [0.1, 0.15) is 79.1 Å². The normalized spacial score (nSPS) is 17.3. The number of hydrogen-bond donors (Lipinski definition) is 9. The Morgan fingerprint density at radius 1 is 0.896 bits per heavy atom. The largest absolute Gasteiger partial charge is 0.480 e. The summed E-state index contributed by atoms with van der Waals surface area (Å²) in [6, 6.07) is -4.56. The first kappa shape index (κ1) is 42.4. The zero-order chi connectivity index (χ0) is 36.4. The Bertz CT molecular complexity index is 1110. The van der Waals surface area contributed by atoms with Gasteiger partial charge >= 0.3 is 5.97 Å². The predicted octanol–water partition coefficient (Wildman–Crippen LogP) is -1.89. The van der Waals surface area contributed by atoms with Crippen LogP contribution in [0.5, 0.6) is 0 Å². The van der Waals surface area contributed by atoms with Gasteiger partial charge in [0, 0.05) is 13.1 Å². The Balaban J connectivity index is 2.97. The van der Waals surface area contributed by atoms with E-state index in [0.717, 1.165) is 0 Å². The van der Waals surface area contributed by atoms with E-state index in [1.165, 1.54) is 0 Å².